The van der Waals surface area contributed by atoms with Crippen molar-refractivity contribution in [2.24, 2.45) is 5.92 Å². The Morgan fingerprint density at radius 2 is 1.89 bits per heavy atom. The smallest absolute Gasteiger partial charge is 0.228 e. The molecule has 7 nitrogen and oxygen atoms in total. The summed E-state index contributed by atoms with van der Waals surface area (Å²) in [4.78, 5) is 24.4. The molecule has 0 bridgehead atoms. The number of nitrogens with zero attached hydrogens (tertiary/aromatic N) is 3. The van der Waals surface area contributed by atoms with E-state index in [2.05, 4.69) is 25.6 Å². The quantitative estimate of drug-likeness (QED) is 0.624. The highest BCUT2D eigenvalue weighted by Gasteiger charge is 2.29. The lowest BCUT2D eigenvalue weighted by Gasteiger charge is -2.11. The third kappa shape index (κ3) is 4.20. The summed E-state index contributed by atoms with van der Waals surface area (Å²) in [6, 6.07) is 9.58. The van der Waals surface area contributed by atoms with Crippen LogP contribution in [0.2, 0.25) is 0 Å². The summed E-state index contributed by atoms with van der Waals surface area (Å²) in [7, 11) is 0. The Balaban J connectivity index is 1.46. The van der Waals surface area contributed by atoms with E-state index in [4.69, 9.17) is 5.73 Å². The molecule has 0 aliphatic heterocycles. The summed E-state index contributed by atoms with van der Waals surface area (Å²) in [5.41, 5.74) is 9.74. The summed E-state index contributed by atoms with van der Waals surface area (Å²) in [6.45, 7) is 0.542. The van der Waals surface area contributed by atoms with Crippen molar-refractivity contribution in [2.45, 2.75) is 19.4 Å². The Kier molecular flexibility index (Phi) is 4.65. The molecule has 3 aromatic rings. The Morgan fingerprint density at radius 3 is 2.67 bits per heavy atom. The molecule has 4 N–H and O–H groups in total. The first kappa shape index (κ1) is 17.0. The SMILES string of the molecule is Nc1ncc(-c2ccncc2)cc1NCc1ccnc(NC(=O)C2CC2)c1. The van der Waals surface area contributed by atoms with E-state index in [1.807, 2.05) is 30.3 Å². The molecule has 1 aliphatic carbocycles. The van der Waals surface area contributed by atoms with E-state index in [1.165, 1.54) is 0 Å². The number of rotatable bonds is 6. The maximum Gasteiger partial charge on any atom is 0.228 e. The van der Waals surface area contributed by atoms with Crippen LogP contribution in [-0.2, 0) is 11.3 Å². The lowest BCUT2D eigenvalue weighted by atomic mass is 10.1. The topological polar surface area (TPSA) is 106 Å². The summed E-state index contributed by atoms with van der Waals surface area (Å²) in [6.07, 6.45) is 8.85. The number of carbonyl (C=O) groups is 1. The van der Waals surface area contributed by atoms with Crippen molar-refractivity contribution < 1.29 is 4.79 Å². The van der Waals surface area contributed by atoms with Gasteiger partial charge in [-0.15, -0.1) is 0 Å². The highest BCUT2D eigenvalue weighted by molar-refractivity contribution is 5.93. The van der Waals surface area contributed by atoms with Gasteiger partial charge in [0.15, 0.2) is 0 Å². The molecule has 0 unspecified atom stereocenters. The van der Waals surface area contributed by atoms with Crippen molar-refractivity contribution in [3.63, 3.8) is 0 Å². The van der Waals surface area contributed by atoms with Crippen molar-refractivity contribution in [1.82, 2.24) is 15.0 Å². The first-order chi connectivity index (χ1) is 13.2. The number of pyridine rings is 3. The molecule has 1 fully saturated rings. The van der Waals surface area contributed by atoms with Gasteiger partial charge in [-0.05, 0) is 54.3 Å². The molecule has 1 amide bonds. The van der Waals surface area contributed by atoms with E-state index in [1.54, 1.807) is 24.8 Å². The minimum absolute atomic E-state index is 0.0473. The molecule has 1 aliphatic rings. The van der Waals surface area contributed by atoms with Crippen LogP contribution in [0, 0.1) is 5.92 Å². The van der Waals surface area contributed by atoms with E-state index in [9.17, 15) is 4.79 Å². The molecule has 0 atom stereocenters. The molecule has 0 aromatic carbocycles. The van der Waals surface area contributed by atoms with Crippen molar-refractivity contribution in [3.05, 3.63) is 60.7 Å². The van der Waals surface area contributed by atoms with Crippen molar-refractivity contribution in [2.75, 3.05) is 16.4 Å². The van der Waals surface area contributed by atoms with E-state index < -0.39 is 0 Å². The van der Waals surface area contributed by atoms with Crippen LogP contribution in [0.5, 0.6) is 0 Å². The molecular formula is C20H20N6O. The Morgan fingerprint density at radius 1 is 1.07 bits per heavy atom. The van der Waals surface area contributed by atoms with Crippen LogP contribution < -0.4 is 16.4 Å². The molecule has 0 radical (unpaired) electrons. The zero-order valence-electron chi connectivity index (χ0n) is 14.7. The van der Waals surface area contributed by atoms with Gasteiger partial charge < -0.3 is 16.4 Å². The van der Waals surface area contributed by atoms with Crippen molar-refractivity contribution >= 4 is 23.2 Å². The largest absolute Gasteiger partial charge is 0.382 e. The second kappa shape index (κ2) is 7.41. The zero-order chi connectivity index (χ0) is 18.6. The van der Waals surface area contributed by atoms with Crippen LogP contribution in [0.4, 0.5) is 17.3 Å². The number of amides is 1. The van der Waals surface area contributed by atoms with Crippen molar-refractivity contribution in [1.29, 1.82) is 0 Å². The number of aromatic nitrogens is 3. The van der Waals surface area contributed by atoms with Gasteiger partial charge in [0.2, 0.25) is 5.91 Å². The minimum atomic E-state index is 0.0473. The number of carbonyl (C=O) groups excluding carboxylic acids is 1. The van der Waals surface area contributed by atoms with Gasteiger partial charge in [0, 0.05) is 42.8 Å². The maximum absolute atomic E-state index is 11.9. The van der Waals surface area contributed by atoms with Crippen LogP contribution in [0.15, 0.2) is 55.1 Å². The Labute approximate surface area is 157 Å². The van der Waals surface area contributed by atoms with Gasteiger partial charge in [0.05, 0.1) is 5.69 Å². The first-order valence-corrected chi connectivity index (χ1v) is 8.84. The van der Waals surface area contributed by atoms with E-state index >= 15 is 0 Å². The predicted molar refractivity (Wildman–Crippen MR) is 105 cm³/mol. The molecule has 136 valence electrons. The summed E-state index contributed by atoms with van der Waals surface area (Å²) < 4.78 is 0. The molecule has 0 saturated heterocycles. The van der Waals surface area contributed by atoms with Gasteiger partial charge in [0.1, 0.15) is 11.6 Å². The zero-order valence-corrected chi connectivity index (χ0v) is 14.7. The van der Waals surface area contributed by atoms with Crippen LogP contribution in [-0.4, -0.2) is 20.9 Å². The summed E-state index contributed by atoms with van der Waals surface area (Å²) >= 11 is 0. The molecule has 1 saturated carbocycles. The van der Waals surface area contributed by atoms with Crippen LogP contribution in [0.25, 0.3) is 11.1 Å². The van der Waals surface area contributed by atoms with E-state index in [-0.39, 0.29) is 11.8 Å². The molecule has 3 heterocycles. The number of nitrogen functional groups attached to an aromatic ring is 1. The number of hydrogen-bond donors (Lipinski definition) is 3. The number of hydrogen-bond acceptors (Lipinski definition) is 6. The summed E-state index contributed by atoms with van der Waals surface area (Å²) in [5.74, 6) is 1.20. The molecule has 27 heavy (non-hydrogen) atoms. The second-order valence-electron chi connectivity index (χ2n) is 6.56. The molecule has 4 rings (SSSR count). The third-order valence-electron chi connectivity index (χ3n) is 4.44. The number of nitrogens with two attached hydrogens (primary N) is 1. The van der Waals surface area contributed by atoms with Crippen molar-refractivity contribution in [3.8, 4) is 11.1 Å². The standard InChI is InChI=1S/C20H20N6O/c21-19-17(10-16(12-25-19)14-4-6-22-7-5-14)24-11-13-3-8-23-18(9-13)26-20(27)15-1-2-15/h3-10,12,15,24H,1-2,11H2,(H2,21,25)(H,23,26,27). The predicted octanol–water partition coefficient (Wildman–Crippen LogP) is 3.08. The highest BCUT2D eigenvalue weighted by Crippen LogP contribution is 2.30. The lowest BCUT2D eigenvalue weighted by molar-refractivity contribution is -0.117. The molecule has 0 spiro atoms. The summed E-state index contributed by atoms with van der Waals surface area (Å²) in [5, 5.41) is 6.18. The van der Waals surface area contributed by atoms with Crippen LogP contribution >= 0.6 is 0 Å². The monoisotopic (exact) mass is 360 g/mol. The van der Waals surface area contributed by atoms with Gasteiger partial charge in [0.25, 0.3) is 0 Å². The lowest BCUT2D eigenvalue weighted by Crippen LogP contribution is -2.14. The third-order valence-corrected chi connectivity index (χ3v) is 4.44. The normalized spacial score (nSPS) is 13.2. The van der Waals surface area contributed by atoms with E-state index in [0.717, 1.165) is 35.2 Å². The fourth-order valence-electron chi connectivity index (χ4n) is 2.74. The van der Waals surface area contributed by atoms with Crippen LogP contribution in [0.1, 0.15) is 18.4 Å². The average Bonchev–Trinajstić information content (AvgIpc) is 3.54. The first-order valence-electron chi connectivity index (χ1n) is 8.84. The number of anilines is 3. The Bertz CT molecular complexity index is 956. The highest BCUT2D eigenvalue weighted by atomic mass is 16.2. The van der Waals surface area contributed by atoms with Gasteiger partial charge >= 0.3 is 0 Å². The van der Waals surface area contributed by atoms with Crippen LogP contribution in [0.3, 0.4) is 0 Å². The average molecular weight is 360 g/mol. The van der Waals surface area contributed by atoms with E-state index in [0.29, 0.717) is 18.2 Å². The van der Waals surface area contributed by atoms with Gasteiger partial charge in [-0.3, -0.25) is 9.78 Å². The number of nitrogens with one attached hydrogen (secondary N) is 2. The Hall–Kier alpha value is -3.48. The van der Waals surface area contributed by atoms with Gasteiger partial charge in [-0.1, -0.05) is 0 Å². The second-order valence-corrected chi connectivity index (χ2v) is 6.56. The maximum atomic E-state index is 11.9. The van der Waals surface area contributed by atoms with Gasteiger partial charge in [-0.25, -0.2) is 9.97 Å². The fourth-order valence-corrected chi connectivity index (χ4v) is 2.74. The molecule has 7 heteroatoms. The molecule has 3 aromatic heterocycles. The fraction of sp³-hybridized carbons (Fsp3) is 0.200. The minimum Gasteiger partial charge on any atom is -0.382 e. The van der Waals surface area contributed by atoms with Gasteiger partial charge in [-0.2, -0.15) is 0 Å². The molecular weight excluding hydrogens is 340 g/mol.